The number of thioether (sulfide) groups is 1. The lowest BCUT2D eigenvalue weighted by Crippen LogP contribution is -2.52. The number of rotatable bonds is 5. The van der Waals surface area contributed by atoms with Gasteiger partial charge in [0.15, 0.2) is 0 Å². The summed E-state index contributed by atoms with van der Waals surface area (Å²) >= 11 is 2.13. The van der Waals surface area contributed by atoms with Gasteiger partial charge in [0.25, 0.3) is 0 Å². The zero-order valence-corrected chi connectivity index (χ0v) is 11.3. The minimum absolute atomic E-state index is 0.0420. The van der Waals surface area contributed by atoms with Crippen LogP contribution in [0.3, 0.4) is 0 Å². The van der Waals surface area contributed by atoms with Crippen LogP contribution in [0.15, 0.2) is 0 Å². The Bertz CT molecular complexity index is 180. The molecule has 2 N–H and O–H groups in total. The molecule has 1 rings (SSSR count). The average Bonchev–Trinajstić information content (AvgIpc) is 2.29. The highest BCUT2D eigenvalue weighted by Gasteiger charge is 2.27. The quantitative estimate of drug-likeness (QED) is 0.786. The SMILES string of the molecule is CCC1CN(CC(N)(CC)CC)CCS1. The van der Waals surface area contributed by atoms with Gasteiger partial charge >= 0.3 is 0 Å². The molecule has 1 aliphatic heterocycles. The summed E-state index contributed by atoms with van der Waals surface area (Å²) in [6.45, 7) is 10.2. The van der Waals surface area contributed by atoms with Crippen molar-refractivity contribution in [3.63, 3.8) is 0 Å². The summed E-state index contributed by atoms with van der Waals surface area (Å²) in [5, 5.41) is 0.830. The van der Waals surface area contributed by atoms with Crippen LogP contribution in [0.2, 0.25) is 0 Å². The Labute approximate surface area is 99.0 Å². The maximum atomic E-state index is 6.37. The van der Waals surface area contributed by atoms with Crippen LogP contribution in [0.25, 0.3) is 0 Å². The second kappa shape index (κ2) is 6.12. The van der Waals surface area contributed by atoms with E-state index in [-0.39, 0.29) is 5.54 Å². The van der Waals surface area contributed by atoms with E-state index in [2.05, 4.69) is 37.4 Å². The van der Waals surface area contributed by atoms with Crippen molar-refractivity contribution in [2.24, 2.45) is 5.73 Å². The first-order valence-electron chi connectivity index (χ1n) is 6.26. The maximum absolute atomic E-state index is 6.37. The second-order valence-corrected chi connectivity index (χ2v) is 6.11. The first-order valence-corrected chi connectivity index (χ1v) is 7.31. The van der Waals surface area contributed by atoms with Gasteiger partial charge in [0.1, 0.15) is 0 Å². The molecule has 2 nitrogen and oxygen atoms in total. The van der Waals surface area contributed by atoms with Crippen LogP contribution in [0.5, 0.6) is 0 Å². The van der Waals surface area contributed by atoms with Gasteiger partial charge in [-0.15, -0.1) is 0 Å². The predicted molar refractivity (Wildman–Crippen MR) is 70.5 cm³/mol. The van der Waals surface area contributed by atoms with Gasteiger partial charge in [-0.1, -0.05) is 20.8 Å². The number of hydrogen-bond acceptors (Lipinski definition) is 3. The molecule has 1 aliphatic rings. The fourth-order valence-electron chi connectivity index (χ4n) is 2.09. The molecule has 90 valence electrons. The Morgan fingerprint density at radius 2 is 2.00 bits per heavy atom. The predicted octanol–water partition coefficient (Wildman–Crippen LogP) is 2.33. The molecule has 0 amide bonds. The van der Waals surface area contributed by atoms with Crippen molar-refractivity contribution in [1.29, 1.82) is 0 Å². The Kier molecular flexibility index (Phi) is 5.44. The van der Waals surface area contributed by atoms with Crippen LogP contribution in [-0.4, -0.2) is 41.1 Å². The third-order valence-electron chi connectivity index (χ3n) is 3.62. The third kappa shape index (κ3) is 3.97. The summed E-state index contributed by atoms with van der Waals surface area (Å²) in [4.78, 5) is 2.57. The van der Waals surface area contributed by atoms with Crippen molar-refractivity contribution < 1.29 is 0 Å². The number of nitrogens with two attached hydrogens (primary N) is 1. The molecule has 1 fully saturated rings. The molecule has 1 unspecified atom stereocenters. The van der Waals surface area contributed by atoms with Crippen molar-refractivity contribution in [2.45, 2.75) is 50.8 Å². The Morgan fingerprint density at radius 3 is 2.53 bits per heavy atom. The van der Waals surface area contributed by atoms with Gasteiger partial charge in [-0.25, -0.2) is 0 Å². The Hall–Kier alpha value is 0.270. The molecule has 1 heterocycles. The van der Waals surface area contributed by atoms with Gasteiger partial charge in [0.05, 0.1) is 0 Å². The molecule has 0 aromatic rings. The molecule has 0 spiro atoms. The summed E-state index contributed by atoms with van der Waals surface area (Å²) in [6.07, 6.45) is 3.46. The van der Waals surface area contributed by atoms with Gasteiger partial charge in [0.2, 0.25) is 0 Å². The Morgan fingerprint density at radius 1 is 1.33 bits per heavy atom. The lowest BCUT2D eigenvalue weighted by molar-refractivity contribution is 0.203. The van der Waals surface area contributed by atoms with Gasteiger partial charge in [-0.2, -0.15) is 11.8 Å². The minimum Gasteiger partial charge on any atom is -0.324 e. The smallest absolute Gasteiger partial charge is 0.0278 e. The van der Waals surface area contributed by atoms with Crippen LogP contribution in [0.4, 0.5) is 0 Å². The normalized spacial score (nSPS) is 24.4. The van der Waals surface area contributed by atoms with Crippen molar-refractivity contribution in [1.82, 2.24) is 4.90 Å². The number of nitrogens with zero attached hydrogens (tertiary/aromatic N) is 1. The Balaban J connectivity index is 2.43. The molecular weight excluding hydrogens is 204 g/mol. The minimum atomic E-state index is 0.0420. The monoisotopic (exact) mass is 230 g/mol. The highest BCUT2D eigenvalue weighted by Crippen LogP contribution is 2.23. The van der Waals surface area contributed by atoms with E-state index in [0.29, 0.717) is 0 Å². The van der Waals surface area contributed by atoms with E-state index in [1.165, 1.54) is 25.3 Å². The summed E-state index contributed by atoms with van der Waals surface area (Å²) in [5.41, 5.74) is 6.41. The zero-order valence-electron chi connectivity index (χ0n) is 10.5. The molecule has 0 aromatic heterocycles. The van der Waals surface area contributed by atoms with E-state index in [1.54, 1.807) is 0 Å². The highest BCUT2D eigenvalue weighted by molar-refractivity contribution is 8.00. The standard InChI is InChI=1S/C12H26N2S/c1-4-11-9-14(7-8-15-11)10-12(13,5-2)6-3/h11H,4-10,13H2,1-3H3. The maximum Gasteiger partial charge on any atom is 0.0278 e. The van der Waals surface area contributed by atoms with Crippen molar-refractivity contribution >= 4 is 11.8 Å². The van der Waals surface area contributed by atoms with Crippen LogP contribution in [-0.2, 0) is 0 Å². The van der Waals surface area contributed by atoms with Crippen molar-refractivity contribution in [3.05, 3.63) is 0 Å². The molecule has 1 atom stereocenters. The molecule has 0 aromatic carbocycles. The van der Waals surface area contributed by atoms with E-state index < -0.39 is 0 Å². The topological polar surface area (TPSA) is 29.3 Å². The van der Waals surface area contributed by atoms with Crippen molar-refractivity contribution in [3.8, 4) is 0 Å². The van der Waals surface area contributed by atoms with Gasteiger partial charge in [-0.05, 0) is 19.3 Å². The average molecular weight is 230 g/mol. The van der Waals surface area contributed by atoms with Crippen LogP contribution >= 0.6 is 11.8 Å². The molecule has 0 radical (unpaired) electrons. The first kappa shape index (κ1) is 13.3. The molecule has 0 bridgehead atoms. The van der Waals surface area contributed by atoms with E-state index in [0.717, 1.165) is 24.6 Å². The third-order valence-corrected chi connectivity index (χ3v) is 5.00. The summed E-state index contributed by atoms with van der Waals surface area (Å²) in [7, 11) is 0. The van der Waals surface area contributed by atoms with Crippen LogP contribution in [0, 0.1) is 0 Å². The lowest BCUT2D eigenvalue weighted by Gasteiger charge is -2.38. The van der Waals surface area contributed by atoms with E-state index in [9.17, 15) is 0 Å². The fourth-order valence-corrected chi connectivity index (χ4v) is 3.34. The molecule has 0 aliphatic carbocycles. The van der Waals surface area contributed by atoms with E-state index in [1.807, 2.05) is 0 Å². The van der Waals surface area contributed by atoms with Gasteiger partial charge in [-0.3, -0.25) is 4.90 Å². The van der Waals surface area contributed by atoms with Crippen LogP contribution < -0.4 is 5.73 Å². The molecule has 1 saturated heterocycles. The van der Waals surface area contributed by atoms with Gasteiger partial charge < -0.3 is 5.73 Å². The molecule has 3 heteroatoms. The van der Waals surface area contributed by atoms with E-state index >= 15 is 0 Å². The summed E-state index contributed by atoms with van der Waals surface area (Å²) in [6, 6.07) is 0. The van der Waals surface area contributed by atoms with Crippen molar-refractivity contribution in [2.75, 3.05) is 25.4 Å². The van der Waals surface area contributed by atoms with E-state index in [4.69, 9.17) is 5.73 Å². The fraction of sp³-hybridized carbons (Fsp3) is 1.00. The summed E-state index contributed by atoms with van der Waals surface area (Å²) < 4.78 is 0. The molecule has 15 heavy (non-hydrogen) atoms. The largest absolute Gasteiger partial charge is 0.324 e. The van der Waals surface area contributed by atoms with Crippen LogP contribution in [0.1, 0.15) is 40.0 Å². The lowest BCUT2D eigenvalue weighted by atomic mass is 9.93. The molecule has 0 saturated carbocycles. The first-order chi connectivity index (χ1) is 7.13. The number of hydrogen-bond donors (Lipinski definition) is 1. The second-order valence-electron chi connectivity index (χ2n) is 4.71. The van der Waals surface area contributed by atoms with Gasteiger partial charge in [0, 0.05) is 36.2 Å². The molecular formula is C12H26N2S. The summed E-state index contributed by atoms with van der Waals surface area (Å²) in [5.74, 6) is 1.28. The highest BCUT2D eigenvalue weighted by atomic mass is 32.2. The zero-order chi connectivity index (χ0) is 11.3.